The largest absolute Gasteiger partial charge is 0.396 e. The van der Waals surface area contributed by atoms with E-state index in [0.29, 0.717) is 6.61 Å². The van der Waals surface area contributed by atoms with Crippen LogP contribution < -0.4 is 5.32 Å². The molecular weight excluding hydrogens is 166 g/mol. The Morgan fingerprint density at radius 1 is 1.46 bits per heavy atom. The molecule has 3 heteroatoms. The van der Waals surface area contributed by atoms with Crippen molar-refractivity contribution in [3.63, 3.8) is 0 Å². The third kappa shape index (κ3) is 2.93. The van der Waals surface area contributed by atoms with E-state index in [0.717, 1.165) is 32.4 Å². The SMILES string of the molecule is COC(C)CC1(CO)CCNCC1. The summed E-state index contributed by atoms with van der Waals surface area (Å²) in [6.45, 7) is 4.41. The Kier molecular flexibility index (Phi) is 4.16. The van der Waals surface area contributed by atoms with Crippen LogP contribution >= 0.6 is 0 Å². The molecule has 1 saturated heterocycles. The molecule has 1 heterocycles. The number of aliphatic hydroxyl groups is 1. The van der Waals surface area contributed by atoms with Crippen molar-refractivity contribution in [1.29, 1.82) is 0 Å². The third-order valence-corrected chi connectivity index (χ3v) is 3.12. The molecule has 1 fully saturated rings. The van der Waals surface area contributed by atoms with Crippen molar-refractivity contribution in [3.05, 3.63) is 0 Å². The van der Waals surface area contributed by atoms with Gasteiger partial charge in [0, 0.05) is 13.7 Å². The molecular formula is C10H21NO2. The fourth-order valence-corrected chi connectivity index (χ4v) is 2.08. The van der Waals surface area contributed by atoms with E-state index in [1.807, 2.05) is 0 Å². The number of rotatable bonds is 4. The molecule has 78 valence electrons. The minimum absolute atomic E-state index is 0.112. The highest BCUT2D eigenvalue weighted by atomic mass is 16.5. The lowest BCUT2D eigenvalue weighted by Gasteiger charge is -2.37. The predicted molar refractivity (Wildman–Crippen MR) is 52.7 cm³/mol. The number of hydrogen-bond acceptors (Lipinski definition) is 3. The van der Waals surface area contributed by atoms with Crippen LogP contribution in [0.25, 0.3) is 0 Å². The van der Waals surface area contributed by atoms with Crippen molar-refractivity contribution in [1.82, 2.24) is 5.32 Å². The van der Waals surface area contributed by atoms with Gasteiger partial charge in [0.2, 0.25) is 0 Å². The van der Waals surface area contributed by atoms with Crippen molar-refractivity contribution in [2.75, 3.05) is 26.8 Å². The van der Waals surface area contributed by atoms with E-state index in [1.54, 1.807) is 7.11 Å². The van der Waals surface area contributed by atoms with Gasteiger partial charge in [0.05, 0.1) is 6.10 Å². The van der Waals surface area contributed by atoms with Crippen LogP contribution in [0.4, 0.5) is 0 Å². The highest BCUT2D eigenvalue weighted by Crippen LogP contribution is 2.33. The van der Waals surface area contributed by atoms with E-state index in [9.17, 15) is 5.11 Å². The lowest BCUT2D eigenvalue weighted by atomic mass is 9.75. The van der Waals surface area contributed by atoms with Crippen molar-refractivity contribution in [2.45, 2.75) is 32.3 Å². The monoisotopic (exact) mass is 187 g/mol. The fourth-order valence-electron chi connectivity index (χ4n) is 2.08. The first-order chi connectivity index (χ1) is 6.22. The molecule has 3 nitrogen and oxygen atoms in total. The molecule has 1 aliphatic rings. The zero-order valence-electron chi connectivity index (χ0n) is 8.68. The van der Waals surface area contributed by atoms with Gasteiger partial charge in [0.25, 0.3) is 0 Å². The fraction of sp³-hybridized carbons (Fsp3) is 1.00. The van der Waals surface area contributed by atoms with E-state index in [-0.39, 0.29) is 11.5 Å². The van der Waals surface area contributed by atoms with E-state index in [4.69, 9.17) is 4.74 Å². The van der Waals surface area contributed by atoms with Crippen LogP contribution in [-0.2, 0) is 4.74 Å². The number of piperidine rings is 1. The minimum atomic E-state index is 0.112. The van der Waals surface area contributed by atoms with Crippen molar-refractivity contribution >= 4 is 0 Å². The van der Waals surface area contributed by atoms with Gasteiger partial charge in [0.15, 0.2) is 0 Å². The standard InChI is InChI=1S/C10H21NO2/c1-9(13-2)7-10(8-12)3-5-11-6-4-10/h9,11-12H,3-8H2,1-2H3. The molecule has 0 bridgehead atoms. The summed E-state index contributed by atoms with van der Waals surface area (Å²) in [5, 5.41) is 12.7. The normalized spacial score (nSPS) is 24.2. The molecule has 0 aromatic rings. The minimum Gasteiger partial charge on any atom is -0.396 e. The number of nitrogens with one attached hydrogen (secondary N) is 1. The number of hydrogen-bond donors (Lipinski definition) is 2. The molecule has 0 saturated carbocycles. The summed E-state index contributed by atoms with van der Waals surface area (Å²) in [6.07, 6.45) is 3.36. The highest BCUT2D eigenvalue weighted by Gasteiger charge is 2.32. The first-order valence-electron chi connectivity index (χ1n) is 5.07. The highest BCUT2D eigenvalue weighted by molar-refractivity contribution is 4.85. The van der Waals surface area contributed by atoms with Crippen LogP contribution in [0, 0.1) is 5.41 Å². The lowest BCUT2D eigenvalue weighted by molar-refractivity contribution is 0.0142. The Bertz CT molecular complexity index is 144. The average molecular weight is 187 g/mol. The van der Waals surface area contributed by atoms with E-state index >= 15 is 0 Å². The van der Waals surface area contributed by atoms with Crippen LogP contribution in [-0.4, -0.2) is 38.0 Å². The Morgan fingerprint density at radius 3 is 2.54 bits per heavy atom. The summed E-state index contributed by atoms with van der Waals surface area (Å²) in [5.74, 6) is 0. The van der Waals surface area contributed by atoms with E-state index in [2.05, 4.69) is 12.2 Å². The van der Waals surface area contributed by atoms with Crippen LogP contribution in [0.2, 0.25) is 0 Å². The van der Waals surface area contributed by atoms with Gasteiger partial charge in [-0.25, -0.2) is 0 Å². The van der Waals surface area contributed by atoms with Crippen LogP contribution in [0.15, 0.2) is 0 Å². The topological polar surface area (TPSA) is 41.5 Å². The lowest BCUT2D eigenvalue weighted by Crippen LogP contribution is -2.41. The van der Waals surface area contributed by atoms with Crippen LogP contribution in [0.1, 0.15) is 26.2 Å². The summed E-state index contributed by atoms with van der Waals surface area (Å²) < 4.78 is 5.25. The molecule has 0 spiro atoms. The van der Waals surface area contributed by atoms with Crippen LogP contribution in [0.3, 0.4) is 0 Å². The van der Waals surface area contributed by atoms with E-state index in [1.165, 1.54) is 0 Å². The third-order valence-electron chi connectivity index (χ3n) is 3.12. The van der Waals surface area contributed by atoms with E-state index < -0.39 is 0 Å². The van der Waals surface area contributed by atoms with Crippen molar-refractivity contribution < 1.29 is 9.84 Å². The van der Waals surface area contributed by atoms with Gasteiger partial charge in [-0.1, -0.05) is 0 Å². The van der Waals surface area contributed by atoms with Gasteiger partial charge < -0.3 is 15.2 Å². The Morgan fingerprint density at radius 2 is 2.08 bits per heavy atom. The predicted octanol–water partition coefficient (Wildman–Crippen LogP) is 0.773. The molecule has 0 aromatic carbocycles. The molecule has 1 unspecified atom stereocenters. The molecule has 13 heavy (non-hydrogen) atoms. The summed E-state index contributed by atoms with van der Waals surface area (Å²) in [4.78, 5) is 0. The van der Waals surface area contributed by atoms with Gasteiger partial charge >= 0.3 is 0 Å². The summed E-state index contributed by atoms with van der Waals surface area (Å²) in [6, 6.07) is 0. The number of aliphatic hydroxyl groups excluding tert-OH is 1. The Balaban J connectivity index is 2.47. The van der Waals surface area contributed by atoms with Crippen molar-refractivity contribution in [3.8, 4) is 0 Å². The van der Waals surface area contributed by atoms with Gasteiger partial charge in [0.1, 0.15) is 0 Å². The number of methoxy groups -OCH3 is 1. The van der Waals surface area contributed by atoms with Crippen LogP contribution in [0.5, 0.6) is 0 Å². The van der Waals surface area contributed by atoms with Gasteiger partial charge in [-0.3, -0.25) is 0 Å². The Hall–Kier alpha value is -0.120. The zero-order chi connectivity index (χ0) is 9.73. The first kappa shape index (κ1) is 11.0. The summed E-state index contributed by atoms with van der Waals surface area (Å²) >= 11 is 0. The molecule has 1 aliphatic heterocycles. The molecule has 0 radical (unpaired) electrons. The molecule has 0 aliphatic carbocycles. The second-order valence-electron chi connectivity index (χ2n) is 4.16. The second-order valence-corrected chi connectivity index (χ2v) is 4.16. The summed E-state index contributed by atoms with van der Waals surface area (Å²) in [7, 11) is 1.73. The Labute approximate surface area is 80.5 Å². The van der Waals surface area contributed by atoms with Gasteiger partial charge in [-0.2, -0.15) is 0 Å². The maximum absolute atomic E-state index is 9.40. The zero-order valence-corrected chi connectivity index (χ0v) is 8.68. The van der Waals surface area contributed by atoms with Crippen molar-refractivity contribution in [2.24, 2.45) is 5.41 Å². The molecule has 2 N–H and O–H groups in total. The first-order valence-corrected chi connectivity index (χ1v) is 5.07. The maximum Gasteiger partial charge on any atom is 0.0549 e. The van der Waals surface area contributed by atoms with Gasteiger partial charge in [-0.05, 0) is 44.7 Å². The van der Waals surface area contributed by atoms with Gasteiger partial charge in [-0.15, -0.1) is 0 Å². The number of ether oxygens (including phenoxy) is 1. The molecule has 1 atom stereocenters. The smallest absolute Gasteiger partial charge is 0.0549 e. The quantitative estimate of drug-likeness (QED) is 0.683. The summed E-state index contributed by atoms with van der Waals surface area (Å²) in [5.41, 5.74) is 0.112. The molecule has 0 amide bonds. The second kappa shape index (κ2) is 4.94. The molecule has 0 aromatic heterocycles. The molecule has 1 rings (SSSR count). The average Bonchev–Trinajstić information content (AvgIpc) is 2.19. The maximum atomic E-state index is 9.40.